The Hall–Kier alpha value is -2.82. The van der Waals surface area contributed by atoms with Gasteiger partial charge < -0.3 is 13.9 Å². The first kappa shape index (κ1) is 14.8. The van der Waals surface area contributed by atoms with Crippen LogP contribution in [0.1, 0.15) is 27.9 Å². The molecule has 0 atom stereocenters. The molecule has 24 heavy (non-hydrogen) atoms. The smallest absolute Gasteiger partial charge is 0.344 e. The average Bonchev–Trinajstić information content (AvgIpc) is 3.09. The van der Waals surface area contributed by atoms with Crippen molar-refractivity contribution in [2.45, 2.75) is 19.3 Å². The summed E-state index contributed by atoms with van der Waals surface area (Å²) in [7, 11) is 2.89. The van der Waals surface area contributed by atoms with Crippen LogP contribution in [-0.4, -0.2) is 20.2 Å². The van der Waals surface area contributed by atoms with Gasteiger partial charge in [0.25, 0.3) is 0 Å². The maximum Gasteiger partial charge on any atom is 0.344 e. The lowest BCUT2D eigenvalue weighted by Crippen LogP contribution is -2.10. The largest absolute Gasteiger partial charge is 0.493 e. The zero-order valence-electron chi connectivity index (χ0n) is 13.5. The molecule has 1 aromatic heterocycles. The molecular weight excluding hydrogens is 308 g/mol. The Bertz CT molecular complexity index is 1050. The van der Waals surface area contributed by atoms with Crippen LogP contribution in [0.3, 0.4) is 0 Å². The number of carbonyl (C=O) groups is 1. The van der Waals surface area contributed by atoms with Crippen LogP contribution in [-0.2, 0) is 17.6 Å². The summed E-state index contributed by atoms with van der Waals surface area (Å²) in [6.07, 6.45) is 2.58. The van der Waals surface area contributed by atoms with Crippen LogP contribution in [0, 0.1) is 0 Å². The molecule has 5 nitrogen and oxygen atoms in total. The number of carbonyl (C=O) groups excluding carboxylic acids is 1. The van der Waals surface area contributed by atoms with Crippen molar-refractivity contribution in [1.29, 1.82) is 0 Å². The van der Waals surface area contributed by atoms with Crippen molar-refractivity contribution in [1.82, 2.24) is 0 Å². The number of methoxy groups -OCH3 is 2. The van der Waals surface area contributed by atoms with Crippen molar-refractivity contribution in [2.24, 2.45) is 0 Å². The molecule has 1 aliphatic rings. The van der Waals surface area contributed by atoms with Crippen molar-refractivity contribution >= 4 is 27.7 Å². The minimum Gasteiger partial charge on any atom is -0.493 e. The van der Waals surface area contributed by atoms with E-state index in [0.29, 0.717) is 22.3 Å². The molecular formula is C19H16O5. The molecule has 0 amide bonds. The van der Waals surface area contributed by atoms with E-state index in [9.17, 15) is 9.59 Å². The van der Waals surface area contributed by atoms with E-state index in [1.807, 2.05) is 12.1 Å². The molecule has 1 aliphatic carbocycles. The fourth-order valence-corrected chi connectivity index (χ4v) is 3.67. The van der Waals surface area contributed by atoms with Gasteiger partial charge in [-0.25, -0.2) is 9.59 Å². The van der Waals surface area contributed by atoms with Crippen LogP contribution >= 0.6 is 0 Å². The summed E-state index contributed by atoms with van der Waals surface area (Å²) in [5, 5.41) is 2.11. The Balaban J connectivity index is 2.22. The first-order chi connectivity index (χ1) is 11.7. The molecule has 4 rings (SSSR count). The van der Waals surface area contributed by atoms with Crippen LogP contribution in [0.2, 0.25) is 0 Å². The molecule has 0 unspecified atom stereocenters. The van der Waals surface area contributed by atoms with E-state index in [4.69, 9.17) is 13.9 Å². The summed E-state index contributed by atoms with van der Waals surface area (Å²) in [6.45, 7) is 0. The van der Waals surface area contributed by atoms with E-state index in [2.05, 4.69) is 0 Å². The second kappa shape index (κ2) is 5.37. The predicted molar refractivity (Wildman–Crippen MR) is 89.9 cm³/mol. The maximum atomic E-state index is 12.5. The van der Waals surface area contributed by atoms with Crippen molar-refractivity contribution in [2.75, 3.05) is 14.2 Å². The lowest BCUT2D eigenvalue weighted by atomic mass is 9.94. The third-order valence-electron chi connectivity index (χ3n) is 4.69. The number of hydrogen-bond donors (Lipinski definition) is 0. The number of rotatable bonds is 2. The summed E-state index contributed by atoms with van der Waals surface area (Å²) in [6, 6.07) is 7.16. The van der Waals surface area contributed by atoms with E-state index in [-0.39, 0.29) is 0 Å². The number of benzene rings is 2. The van der Waals surface area contributed by atoms with Gasteiger partial charge in [0.05, 0.1) is 25.2 Å². The van der Waals surface area contributed by atoms with Gasteiger partial charge in [-0.3, -0.25) is 0 Å². The van der Waals surface area contributed by atoms with E-state index in [1.54, 1.807) is 19.2 Å². The Morgan fingerprint density at radius 3 is 2.67 bits per heavy atom. The molecule has 0 N–H and O–H groups in total. The van der Waals surface area contributed by atoms with E-state index >= 15 is 0 Å². The molecule has 0 saturated carbocycles. The number of para-hydroxylation sites is 1. The van der Waals surface area contributed by atoms with Crippen LogP contribution in [0.15, 0.2) is 33.5 Å². The lowest BCUT2D eigenvalue weighted by molar-refractivity contribution is 0.0600. The third kappa shape index (κ3) is 1.94. The topological polar surface area (TPSA) is 65.7 Å². The number of ether oxygens (including phenoxy) is 2. The summed E-state index contributed by atoms with van der Waals surface area (Å²) in [4.78, 5) is 24.7. The molecule has 0 saturated heterocycles. The molecule has 0 aliphatic heterocycles. The zero-order valence-corrected chi connectivity index (χ0v) is 13.5. The Morgan fingerprint density at radius 1 is 1.12 bits per heavy atom. The van der Waals surface area contributed by atoms with Crippen LogP contribution in [0.5, 0.6) is 5.75 Å². The number of hydrogen-bond acceptors (Lipinski definition) is 5. The average molecular weight is 324 g/mol. The summed E-state index contributed by atoms with van der Waals surface area (Å²) >= 11 is 0. The van der Waals surface area contributed by atoms with Gasteiger partial charge in [-0.15, -0.1) is 0 Å². The van der Waals surface area contributed by atoms with Gasteiger partial charge in [0.1, 0.15) is 0 Å². The van der Waals surface area contributed by atoms with Crippen LogP contribution in [0.4, 0.5) is 0 Å². The number of aryl methyl sites for hydroxylation is 1. The first-order valence-electron chi connectivity index (χ1n) is 7.82. The van der Waals surface area contributed by atoms with Gasteiger partial charge in [0.15, 0.2) is 11.3 Å². The summed E-state index contributed by atoms with van der Waals surface area (Å²) in [5.74, 6) is 0.107. The van der Waals surface area contributed by atoms with Gasteiger partial charge in [0.2, 0.25) is 0 Å². The Morgan fingerprint density at radius 2 is 1.92 bits per heavy atom. The van der Waals surface area contributed by atoms with Crippen molar-refractivity contribution in [3.8, 4) is 5.75 Å². The molecule has 122 valence electrons. The highest BCUT2D eigenvalue weighted by Gasteiger charge is 2.25. The van der Waals surface area contributed by atoms with Gasteiger partial charge >= 0.3 is 11.6 Å². The molecule has 0 spiro atoms. The van der Waals surface area contributed by atoms with Gasteiger partial charge in [-0.1, -0.05) is 12.1 Å². The molecule has 0 bridgehead atoms. The second-order valence-electron chi connectivity index (χ2n) is 5.88. The summed E-state index contributed by atoms with van der Waals surface area (Å²) < 4.78 is 15.7. The van der Waals surface area contributed by atoms with Crippen LogP contribution in [0.25, 0.3) is 21.7 Å². The highest BCUT2D eigenvalue weighted by molar-refractivity contribution is 6.10. The minimum atomic E-state index is -0.471. The molecule has 2 aromatic carbocycles. The quantitative estimate of drug-likeness (QED) is 0.411. The Labute approximate surface area is 137 Å². The molecule has 0 radical (unpaired) electrons. The normalized spacial score (nSPS) is 13.2. The maximum absolute atomic E-state index is 12.5. The molecule has 5 heteroatoms. The van der Waals surface area contributed by atoms with Gasteiger partial charge in [-0.2, -0.15) is 0 Å². The molecule has 3 aromatic rings. The van der Waals surface area contributed by atoms with E-state index in [1.165, 1.54) is 7.11 Å². The van der Waals surface area contributed by atoms with E-state index in [0.717, 1.165) is 41.2 Å². The molecule has 0 fully saturated rings. The molecule has 1 heterocycles. The van der Waals surface area contributed by atoms with Crippen LogP contribution < -0.4 is 10.4 Å². The minimum absolute atomic E-state index is 0.414. The van der Waals surface area contributed by atoms with Crippen molar-refractivity contribution in [3.05, 3.63) is 51.4 Å². The van der Waals surface area contributed by atoms with Crippen molar-refractivity contribution < 1.29 is 18.7 Å². The van der Waals surface area contributed by atoms with Gasteiger partial charge in [-0.05, 0) is 42.5 Å². The highest BCUT2D eigenvalue weighted by Crippen LogP contribution is 2.37. The summed E-state index contributed by atoms with van der Waals surface area (Å²) in [5.41, 5.74) is 2.45. The third-order valence-corrected chi connectivity index (χ3v) is 4.69. The highest BCUT2D eigenvalue weighted by atomic mass is 16.5. The van der Waals surface area contributed by atoms with E-state index < -0.39 is 11.6 Å². The van der Waals surface area contributed by atoms with Gasteiger partial charge in [0, 0.05) is 10.8 Å². The lowest BCUT2D eigenvalue weighted by Gasteiger charge is -2.13. The second-order valence-corrected chi connectivity index (χ2v) is 5.88. The number of fused-ring (bicyclic) bond motifs is 5. The number of esters is 1. The zero-order chi connectivity index (χ0) is 16.8. The first-order valence-corrected chi connectivity index (χ1v) is 7.82. The fraction of sp³-hybridized carbons (Fsp3) is 0.263. The Kier molecular flexibility index (Phi) is 3.30. The SMILES string of the molecule is COC(=O)c1cc2c(=O)oc3c(OC)cccc3c2c2c1CCC2. The monoisotopic (exact) mass is 324 g/mol. The fourth-order valence-electron chi connectivity index (χ4n) is 3.67. The predicted octanol–water partition coefficient (Wildman–Crippen LogP) is 3.23. The van der Waals surface area contributed by atoms with Crippen molar-refractivity contribution in [3.63, 3.8) is 0 Å². The standard InChI is InChI=1S/C19H16O5/c1-22-15-8-4-7-12-16-11-6-3-5-10(11)13(18(20)23-2)9-14(16)19(21)24-17(12)15/h4,7-9H,3,5-6H2,1-2H3.